The van der Waals surface area contributed by atoms with Crippen molar-refractivity contribution >= 4 is 0 Å². The molecule has 3 fully saturated rings. The van der Waals surface area contributed by atoms with Crippen LogP contribution in [0.3, 0.4) is 0 Å². The lowest BCUT2D eigenvalue weighted by Crippen LogP contribution is -2.48. The van der Waals surface area contributed by atoms with Crippen molar-refractivity contribution in [2.75, 3.05) is 46.8 Å². The maximum atomic E-state index is 14.0. The maximum Gasteiger partial charge on any atom is 0.0984 e. The lowest BCUT2D eigenvalue weighted by atomic mass is 9.65. The van der Waals surface area contributed by atoms with Crippen LogP contribution in [-0.2, 0) is 4.74 Å². The van der Waals surface area contributed by atoms with Gasteiger partial charge in [0.2, 0.25) is 0 Å². The summed E-state index contributed by atoms with van der Waals surface area (Å²) in [6.07, 6.45) is 4.45. The Morgan fingerprint density at radius 3 is 2.55 bits per heavy atom. The van der Waals surface area contributed by atoms with Crippen LogP contribution in [0.2, 0.25) is 0 Å². The fourth-order valence-corrected chi connectivity index (χ4v) is 5.76. The van der Waals surface area contributed by atoms with Gasteiger partial charge in [-0.15, -0.1) is 0 Å². The molecular formula is C17H28F3NO. The Balaban J connectivity index is 1.78. The lowest BCUT2D eigenvalue weighted by Gasteiger charge is -2.43. The van der Waals surface area contributed by atoms with E-state index in [0.717, 1.165) is 38.8 Å². The highest BCUT2D eigenvalue weighted by atomic mass is 19.1. The molecule has 0 aromatic carbocycles. The van der Waals surface area contributed by atoms with Gasteiger partial charge in [-0.3, -0.25) is 18.1 Å². The van der Waals surface area contributed by atoms with Crippen molar-refractivity contribution in [3.8, 4) is 0 Å². The van der Waals surface area contributed by atoms with Gasteiger partial charge < -0.3 is 4.74 Å². The molecule has 0 radical (unpaired) electrons. The highest BCUT2D eigenvalue weighted by Gasteiger charge is 2.68. The quantitative estimate of drug-likeness (QED) is 0.713. The number of methoxy groups -OCH3 is 1. The van der Waals surface area contributed by atoms with Gasteiger partial charge in [0.25, 0.3) is 0 Å². The predicted molar refractivity (Wildman–Crippen MR) is 80.1 cm³/mol. The van der Waals surface area contributed by atoms with E-state index in [0.29, 0.717) is 19.1 Å². The van der Waals surface area contributed by atoms with E-state index in [2.05, 4.69) is 4.90 Å². The summed E-state index contributed by atoms with van der Waals surface area (Å²) in [6, 6.07) is 0.381. The summed E-state index contributed by atoms with van der Waals surface area (Å²) in [5.74, 6) is 0.104. The number of nitrogens with zero attached hydrogens (tertiary/aromatic N) is 1. The molecule has 5 heteroatoms. The van der Waals surface area contributed by atoms with Crippen molar-refractivity contribution in [1.82, 2.24) is 4.90 Å². The van der Waals surface area contributed by atoms with Crippen molar-refractivity contribution in [2.45, 2.75) is 38.1 Å². The van der Waals surface area contributed by atoms with E-state index in [1.807, 2.05) is 0 Å². The summed E-state index contributed by atoms with van der Waals surface area (Å²) in [7, 11) is 1.70. The van der Waals surface area contributed by atoms with E-state index in [1.165, 1.54) is 0 Å². The summed E-state index contributed by atoms with van der Waals surface area (Å²) < 4.78 is 46.9. The number of alkyl halides is 3. The van der Waals surface area contributed by atoms with Gasteiger partial charge in [-0.05, 0) is 50.5 Å². The first-order chi connectivity index (χ1) is 10.7. The lowest BCUT2D eigenvalue weighted by molar-refractivity contribution is -0.0285. The van der Waals surface area contributed by atoms with Crippen LogP contribution in [0.1, 0.15) is 32.1 Å². The zero-order chi connectivity index (χ0) is 15.8. The maximum absolute atomic E-state index is 14.0. The largest absolute Gasteiger partial charge is 0.383 e. The first kappa shape index (κ1) is 16.6. The Bertz CT molecular complexity index is 390. The zero-order valence-electron chi connectivity index (χ0n) is 13.5. The minimum absolute atomic E-state index is 0.0201. The summed E-state index contributed by atoms with van der Waals surface area (Å²) >= 11 is 0. The molecular weight excluding hydrogens is 291 g/mol. The highest BCUT2D eigenvalue weighted by molar-refractivity contribution is 5.16. The molecule has 3 rings (SSSR count). The normalized spacial score (nSPS) is 40.6. The van der Waals surface area contributed by atoms with Crippen LogP contribution in [0.4, 0.5) is 13.2 Å². The number of ether oxygens (including phenoxy) is 1. The Labute approximate surface area is 131 Å². The molecule has 0 aromatic rings. The molecule has 3 aliphatic rings. The molecule has 2 saturated carbocycles. The Hall–Kier alpha value is -0.290. The first-order valence-corrected chi connectivity index (χ1v) is 8.58. The molecule has 2 bridgehead atoms. The molecule has 2 nitrogen and oxygen atoms in total. The number of rotatable bonds is 7. The zero-order valence-corrected chi connectivity index (χ0v) is 13.5. The topological polar surface area (TPSA) is 12.5 Å². The number of likely N-dealkylation sites (tertiary alicyclic amines) is 1. The van der Waals surface area contributed by atoms with Crippen molar-refractivity contribution in [2.24, 2.45) is 22.7 Å². The number of hydrogen-bond donors (Lipinski definition) is 0. The van der Waals surface area contributed by atoms with E-state index in [4.69, 9.17) is 4.74 Å². The second-order valence-electron chi connectivity index (χ2n) is 7.63. The fourth-order valence-electron chi connectivity index (χ4n) is 5.76. The van der Waals surface area contributed by atoms with Gasteiger partial charge >= 0.3 is 0 Å². The average molecular weight is 319 g/mol. The van der Waals surface area contributed by atoms with Crippen molar-refractivity contribution in [3.63, 3.8) is 0 Å². The average Bonchev–Trinajstić information content (AvgIpc) is 3.18. The SMILES string of the molecule is COCC1CCCN1CC1CC2CCC1(CF)C2(CF)CF. The standard InChI is InChI=1S/C17H28F3NO/c1-22-9-15-3-2-6-21(15)8-14-7-13-4-5-16(14,10-18)17(13,11-19)12-20/h13-15H,2-12H2,1H3. The molecule has 0 spiro atoms. The molecule has 2 aliphatic carbocycles. The first-order valence-electron chi connectivity index (χ1n) is 8.58. The smallest absolute Gasteiger partial charge is 0.0984 e. The van der Waals surface area contributed by atoms with Gasteiger partial charge in [-0.2, -0.15) is 0 Å². The third-order valence-corrected chi connectivity index (χ3v) is 7.09. The van der Waals surface area contributed by atoms with Crippen LogP contribution < -0.4 is 0 Å². The minimum atomic E-state index is -1.05. The van der Waals surface area contributed by atoms with Gasteiger partial charge in [0, 0.05) is 30.5 Å². The van der Waals surface area contributed by atoms with E-state index in [-0.39, 0.29) is 11.8 Å². The Morgan fingerprint density at radius 2 is 1.91 bits per heavy atom. The van der Waals surface area contributed by atoms with Gasteiger partial charge in [-0.1, -0.05) is 0 Å². The van der Waals surface area contributed by atoms with Crippen LogP contribution in [0.25, 0.3) is 0 Å². The predicted octanol–water partition coefficient (Wildman–Crippen LogP) is 3.41. The molecule has 1 saturated heterocycles. The highest BCUT2D eigenvalue weighted by Crippen LogP contribution is 2.69. The molecule has 4 atom stereocenters. The second kappa shape index (κ2) is 6.31. The van der Waals surface area contributed by atoms with E-state index in [1.54, 1.807) is 7.11 Å². The number of fused-ring (bicyclic) bond motifs is 2. The van der Waals surface area contributed by atoms with Crippen LogP contribution in [0.5, 0.6) is 0 Å². The summed E-state index contributed by atoms with van der Waals surface area (Å²) in [5.41, 5.74) is -1.83. The molecule has 4 unspecified atom stereocenters. The van der Waals surface area contributed by atoms with Crippen LogP contribution in [0.15, 0.2) is 0 Å². The van der Waals surface area contributed by atoms with E-state index in [9.17, 15) is 13.2 Å². The van der Waals surface area contributed by atoms with Gasteiger partial charge in [0.05, 0.1) is 26.6 Å². The molecule has 0 N–H and O–H groups in total. The molecule has 22 heavy (non-hydrogen) atoms. The summed E-state index contributed by atoms with van der Waals surface area (Å²) in [5, 5.41) is 0. The molecule has 1 aliphatic heterocycles. The van der Waals surface area contributed by atoms with Crippen LogP contribution in [-0.4, -0.2) is 57.8 Å². The number of hydrogen-bond acceptors (Lipinski definition) is 2. The van der Waals surface area contributed by atoms with Gasteiger partial charge in [0.1, 0.15) is 0 Å². The Morgan fingerprint density at radius 1 is 1.14 bits per heavy atom. The Kier molecular flexibility index (Phi) is 4.75. The van der Waals surface area contributed by atoms with Crippen molar-refractivity contribution in [3.05, 3.63) is 0 Å². The second-order valence-corrected chi connectivity index (χ2v) is 7.63. The third-order valence-electron chi connectivity index (χ3n) is 7.09. The molecule has 1 heterocycles. The summed E-state index contributed by atoms with van der Waals surface area (Å²) in [4.78, 5) is 2.37. The monoisotopic (exact) mass is 319 g/mol. The van der Waals surface area contributed by atoms with E-state index < -0.39 is 30.9 Å². The number of halogens is 3. The van der Waals surface area contributed by atoms with Crippen molar-refractivity contribution < 1.29 is 17.9 Å². The third kappa shape index (κ3) is 2.15. The van der Waals surface area contributed by atoms with Crippen molar-refractivity contribution in [1.29, 1.82) is 0 Å². The molecule has 128 valence electrons. The van der Waals surface area contributed by atoms with Crippen LogP contribution >= 0.6 is 0 Å². The summed E-state index contributed by atoms with van der Waals surface area (Å²) in [6.45, 7) is 0.457. The van der Waals surface area contributed by atoms with Gasteiger partial charge in [0.15, 0.2) is 0 Å². The van der Waals surface area contributed by atoms with E-state index >= 15 is 0 Å². The molecule has 0 aromatic heterocycles. The minimum Gasteiger partial charge on any atom is -0.383 e. The van der Waals surface area contributed by atoms with Gasteiger partial charge in [-0.25, -0.2) is 0 Å². The van der Waals surface area contributed by atoms with Crippen LogP contribution in [0, 0.1) is 22.7 Å². The molecule has 0 amide bonds. The fraction of sp³-hybridized carbons (Fsp3) is 1.00.